The molecule has 2 heteroatoms. The highest BCUT2D eigenvalue weighted by atomic mass is 14.9. The summed E-state index contributed by atoms with van der Waals surface area (Å²) in [5, 5.41) is 10.3. The third-order valence-corrected chi connectivity index (χ3v) is 3.97. The molecular formula is C19H20N2. The zero-order valence-electron chi connectivity index (χ0n) is 12.2. The van der Waals surface area contributed by atoms with Crippen LogP contribution in [0.2, 0.25) is 0 Å². The molecule has 3 N–H and O–H groups in total. The van der Waals surface area contributed by atoms with Crippen LogP contribution in [0.1, 0.15) is 6.42 Å². The van der Waals surface area contributed by atoms with Crippen molar-refractivity contribution in [3.8, 4) is 0 Å². The highest BCUT2D eigenvalue weighted by Gasteiger charge is 2.06. The van der Waals surface area contributed by atoms with Crippen molar-refractivity contribution in [2.75, 3.05) is 18.4 Å². The second-order valence-corrected chi connectivity index (χ2v) is 5.30. The summed E-state index contributed by atoms with van der Waals surface area (Å²) < 4.78 is 0. The van der Waals surface area contributed by atoms with E-state index in [1.165, 1.54) is 16.2 Å². The third-order valence-electron chi connectivity index (χ3n) is 3.97. The fraction of sp³-hybridized carbons (Fsp3) is 0.158. The molecule has 0 bridgehead atoms. The summed E-state index contributed by atoms with van der Waals surface area (Å²) >= 11 is 0. The van der Waals surface area contributed by atoms with Gasteiger partial charge in [-0.1, -0.05) is 49.6 Å². The Morgan fingerprint density at radius 3 is 2.24 bits per heavy atom. The molecule has 3 aromatic rings. The molecule has 0 aliphatic heterocycles. The van der Waals surface area contributed by atoms with Crippen LogP contribution in [0, 0.1) is 0 Å². The number of hydrogen-bond acceptors (Lipinski definition) is 2. The van der Waals surface area contributed by atoms with Gasteiger partial charge in [-0.3, -0.25) is 0 Å². The normalized spacial score (nSPS) is 11.1. The Morgan fingerprint density at radius 2 is 1.52 bits per heavy atom. The fourth-order valence-electron chi connectivity index (χ4n) is 2.89. The Balaban J connectivity index is 2.33. The number of rotatable bonds is 4. The summed E-state index contributed by atoms with van der Waals surface area (Å²) in [4.78, 5) is 0. The van der Waals surface area contributed by atoms with Crippen LogP contribution >= 0.6 is 0 Å². The van der Waals surface area contributed by atoms with E-state index in [0.29, 0.717) is 6.54 Å². The Kier molecular flexibility index (Phi) is 3.63. The van der Waals surface area contributed by atoms with E-state index < -0.39 is 0 Å². The topological polar surface area (TPSA) is 38.0 Å². The van der Waals surface area contributed by atoms with Crippen LogP contribution in [0.4, 0.5) is 5.69 Å². The lowest BCUT2D eigenvalue weighted by molar-refractivity contribution is 0.875. The van der Waals surface area contributed by atoms with Gasteiger partial charge in [0.2, 0.25) is 0 Å². The number of nitrogens with two attached hydrogens (primary N) is 1. The summed E-state index contributed by atoms with van der Waals surface area (Å²) in [6.07, 6.45) is 0.952. The average molecular weight is 276 g/mol. The van der Waals surface area contributed by atoms with Crippen molar-refractivity contribution in [1.29, 1.82) is 0 Å². The number of nitrogens with one attached hydrogen (secondary N) is 1. The van der Waals surface area contributed by atoms with Gasteiger partial charge in [-0.15, -0.1) is 0 Å². The fourth-order valence-corrected chi connectivity index (χ4v) is 2.89. The van der Waals surface area contributed by atoms with Gasteiger partial charge >= 0.3 is 0 Å². The molecule has 3 aromatic carbocycles. The van der Waals surface area contributed by atoms with E-state index in [-0.39, 0.29) is 0 Å². The zero-order valence-corrected chi connectivity index (χ0v) is 12.2. The van der Waals surface area contributed by atoms with Crippen molar-refractivity contribution in [2.24, 2.45) is 5.73 Å². The first kappa shape index (κ1) is 13.7. The van der Waals surface area contributed by atoms with Gasteiger partial charge in [-0.25, -0.2) is 0 Å². The predicted molar refractivity (Wildman–Crippen MR) is 93.9 cm³/mol. The second kappa shape index (κ2) is 5.58. The minimum Gasteiger partial charge on any atom is -0.384 e. The molecule has 0 aromatic heterocycles. The number of anilines is 1. The minimum absolute atomic E-state index is 0.693. The highest BCUT2D eigenvalue weighted by molar-refractivity contribution is 6.04. The van der Waals surface area contributed by atoms with Crippen LogP contribution in [0.3, 0.4) is 0 Å². The van der Waals surface area contributed by atoms with Crippen LogP contribution in [0.25, 0.3) is 34.7 Å². The Hall–Kier alpha value is -2.32. The Morgan fingerprint density at radius 1 is 0.857 bits per heavy atom. The smallest absolute Gasteiger partial charge is 0.0426 e. The van der Waals surface area contributed by atoms with Gasteiger partial charge in [-0.2, -0.15) is 0 Å². The molecule has 106 valence electrons. The second-order valence-electron chi connectivity index (χ2n) is 5.30. The van der Waals surface area contributed by atoms with Crippen molar-refractivity contribution >= 4 is 40.4 Å². The molecule has 0 amide bonds. The van der Waals surface area contributed by atoms with Crippen LogP contribution in [-0.4, -0.2) is 13.1 Å². The standard InChI is InChI=1S/C19H20N2/c1-13-15-7-3-4-8-16(15)14(2)19-17(13)9-5-10-18(19)21-12-6-11-20/h3-5,7-10,21H,1-2,6,11-12,20H2. The molecule has 0 heterocycles. The van der Waals surface area contributed by atoms with E-state index in [1.807, 2.05) is 12.1 Å². The average Bonchev–Trinajstić information content (AvgIpc) is 2.53. The van der Waals surface area contributed by atoms with Crippen LogP contribution in [0.5, 0.6) is 0 Å². The zero-order chi connectivity index (χ0) is 14.8. The Bertz CT molecular complexity index is 897. The molecule has 3 rings (SSSR count). The van der Waals surface area contributed by atoms with Crippen LogP contribution < -0.4 is 21.5 Å². The van der Waals surface area contributed by atoms with Crippen molar-refractivity contribution in [3.63, 3.8) is 0 Å². The van der Waals surface area contributed by atoms with Gasteiger partial charge in [0.05, 0.1) is 0 Å². The molecule has 0 saturated carbocycles. The summed E-state index contributed by atoms with van der Waals surface area (Å²) in [5.74, 6) is 0. The number of hydrogen-bond donors (Lipinski definition) is 2. The quantitative estimate of drug-likeness (QED) is 0.568. The van der Waals surface area contributed by atoms with Crippen LogP contribution in [0.15, 0.2) is 42.5 Å². The van der Waals surface area contributed by atoms with Crippen molar-refractivity contribution < 1.29 is 0 Å². The van der Waals surface area contributed by atoms with E-state index >= 15 is 0 Å². The van der Waals surface area contributed by atoms with Gasteiger partial charge in [0.1, 0.15) is 0 Å². The summed E-state index contributed by atoms with van der Waals surface area (Å²) in [5.41, 5.74) is 6.68. The van der Waals surface area contributed by atoms with Gasteiger partial charge in [0, 0.05) is 17.6 Å². The van der Waals surface area contributed by atoms with Gasteiger partial charge < -0.3 is 11.1 Å². The van der Waals surface area contributed by atoms with Crippen molar-refractivity contribution in [1.82, 2.24) is 0 Å². The summed E-state index contributed by atoms with van der Waals surface area (Å²) in [7, 11) is 0. The van der Waals surface area contributed by atoms with E-state index in [0.717, 1.165) is 34.5 Å². The largest absolute Gasteiger partial charge is 0.384 e. The van der Waals surface area contributed by atoms with E-state index in [9.17, 15) is 0 Å². The molecule has 0 aliphatic carbocycles. The molecule has 0 saturated heterocycles. The third kappa shape index (κ3) is 2.28. The summed E-state index contributed by atoms with van der Waals surface area (Å²) in [6, 6.07) is 14.6. The minimum atomic E-state index is 0.693. The molecule has 0 radical (unpaired) electrons. The van der Waals surface area contributed by atoms with E-state index in [2.05, 4.69) is 48.8 Å². The lowest BCUT2D eigenvalue weighted by Gasteiger charge is -2.12. The first-order valence-electron chi connectivity index (χ1n) is 7.29. The van der Waals surface area contributed by atoms with Gasteiger partial charge in [0.15, 0.2) is 0 Å². The van der Waals surface area contributed by atoms with Crippen LogP contribution in [-0.2, 0) is 0 Å². The highest BCUT2D eigenvalue weighted by Crippen LogP contribution is 2.20. The molecule has 2 nitrogen and oxygen atoms in total. The maximum absolute atomic E-state index is 5.57. The molecular weight excluding hydrogens is 256 g/mol. The molecule has 0 atom stereocenters. The molecule has 0 aliphatic rings. The van der Waals surface area contributed by atoms with E-state index in [1.54, 1.807) is 0 Å². The number of benzene rings is 3. The first-order valence-corrected chi connectivity index (χ1v) is 7.29. The molecule has 0 spiro atoms. The molecule has 0 unspecified atom stereocenters. The Labute approximate surface area is 124 Å². The van der Waals surface area contributed by atoms with E-state index in [4.69, 9.17) is 5.73 Å². The maximum atomic E-state index is 5.57. The SMILES string of the molecule is C=c1c2ccccc2c(=C)c2c(NCCCN)cccc12. The first-order chi connectivity index (χ1) is 10.2. The van der Waals surface area contributed by atoms with Crippen molar-refractivity contribution in [3.05, 3.63) is 52.9 Å². The van der Waals surface area contributed by atoms with Gasteiger partial charge in [-0.05, 0) is 45.6 Å². The van der Waals surface area contributed by atoms with Gasteiger partial charge in [0.25, 0.3) is 0 Å². The molecule has 21 heavy (non-hydrogen) atoms. The lowest BCUT2D eigenvalue weighted by Crippen LogP contribution is -2.15. The van der Waals surface area contributed by atoms with Crippen molar-refractivity contribution in [2.45, 2.75) is 6.42 Å². The predicted octanol–water partition coefficient (Wildman–Crippen LogP) is 2.57. The molecule has 0 fully saturated rings. The monoisotopic (exact) mass is 276 g/mol. The lowest BCUT2D eigenvalue weighted by atomic mass is 9.98. The maximum Gasteiger partial charge on any atom is 0.0426 e. The number of fused-ring (bicyclic) bond motifs is 2. The summed E-state index contributed by atoms with van der Waals surface area (Å²) in [6.45, 7) is 10.2.